The number of likely N-dealkylation sites (tertiary alicyclic amines) is 1. The first kappa shape index (κ1) is 13.9. The molecule has 2 heterocycles. The molecule has 0 unspecified atom stereocenters. The fourth-order valence-corrected chi connectivity index (χ4v) is 2.28. The molecule has 0 aromatic carbocycles. The molecule has 3 N–H and O–H groups in total. The molecule has 0 amide bonds. The first-order valence-corrected chi connectivity index (χ1v) is 6.86. The fraction of sp³-hybridized carbons (Fsp3) is 0.692. The summed E-state index contributed by atoms with van der Waals surface area (Å²) in [6, 6.07) is 0. The van der Waals surface area contributed by atoms with E-state index in [4.69, 9.17) is 10.5 Å². The van der Waals surface area contributed by atoms with Gasteiger partial charge in [0.1, 0.15) is 12.0 Å². The van der Waals surface area contributed by atoms with E-state index in [1.807, 2.05) is 6.92 Å². The van der Waals surface area contributed by atoms with Gasteiger partial charge in [0.05, 0.1) is 6.61 Å². The van der Waals surface area contributed by atoms with Crippen molar-refractivity contribution in [3.05, 3.63) is 6.33 Å². The minimum absolute atomic E-state index is 0.461. The lowest BCUT2D eigenvalue weighted by Crippen LogP contribution is -2.33. The van der Waals surface area contributed by atoms with Gasteiger partial charge in [-0.3, -0.25) is 0 Å². The van der Waals surface area contributed by atoms with Crippen LogP contribution in [0.1, 0.15) is 19.8 Å². The van der Waals surface area contributed by atoms with E-state index in [-0.39, 0.29) is 0 Å². The van der Waals surface area contributed by atoms with Crippen LogP contribution >= 0.6 is 0 Å². The molecule has 106 valence electrons. The zero-order valence-corrected chi connectivity index (χ0v) is 11.7. The van der Waals surface area contributed by atoms with Crippen molar-refractivity contribution in [1.29, 1.82) is 0 Å². The Morgan fingerprint density at radius 1 is 1.42 bits per heavy atom. The number of anilines is 2. The van der Waals surface area contributed by atoms with Gasteiger partial charge in [0.25, 0.3) is 0 Å². The predicted molar refractivity (Wildman–Crippen MR) is 76.3 cm³/mol. The van der Waals surface area contributed by atoms with Crippen molar-refractivity contribution >= 4 is 11.5 Å². The number of aromatic nitrogens is 2. The van der Waals surface area contributed by atoms with Gasteiger partial charge in [-0.1, -0.05) is 0 Å². The zero-order valence-electron chi connectivity index (χ0n) is 11.7. The van der Waals surface area contributed by atoms with E-state index >= 15 is 0 Å². The van der Waals surface area contributed by atoms with Gasteiger partial charge >= 0.3 is 0 Å². The lowest BCUT2D eigenvalue weighted by Gasteiger charge is -2.29. The Morgan fingerprint density at radius 2 is 2.16 bits per heavy atom. The summed E-state index contributed by atoms with van der Waals surface area (Å²) in [5.74, 6) is 1.82. The standard InChI is InChI=1S/C13H23N5O/c1-3-19-13-11(14)12(16-9-17-13)15-8-10-4-6-18(2)7-5-10/h9-10H,3-8,14H2,1-2H3,(H,15,16,17). The molecule has 1 aromatic heterocycles. The van der Waals surface area contributed by atoms with Crippen LogP contribution in [-0.4, -0.2) is 48.2 Å². The van der Waals surface area contributed by atoms with Crippen molar-refractivity contribution in [2.45, 2.75) is 19.8 Å². The Balaban J connectivity index is 1.90. The van der Waals surface area contributed by atoms with Gasteiger partial charge < -0.3 is 20.7 Å². The minimum atomic E-state index is 0.461. The van der Waals surface area contributed by atoms with E-state index < -0.39 is 0 Å². The third-order valence-corrected chi connectivity index (χ3v) is 3.52. The molecule has 0 radical (unpaired) electrons. The molecule has 1 aliphatic rings. The highest BCUT2D eigenvalue weighted by molar-refractivity contribution is 5.66. The molecule has 0 atom stereocenters. The Hall–Kier alpha value is -1.56. The molecule has 19 heavy (non-hydrogen) atoms. The summed E-state index contributed by atoms with van der Waals surface area (Å²) in [7, 11) is 2.17. The van der Waals surface area contributed by atoms with Crippen molar-refractivity contribution < 1.29 is 4.74 Å². The van der Waals surface area contributed by atoms with E-state index in [0.29, 0.717) is 29.9 Å². The summed E-state index contributed by atoms with van der Waals surface area (Å²) in [5.41, 5.74) is 6.48. The van der Waals surface area contributed by atoms with Crippen LogP contribution in [0.5, 0.6) is 5.88 Å². The molecule has 0 aliphatic carbocycles. The number of nitrogens with one attached hydrogen (secondary N) is 1. The van der Waals surface area contributed by atoms with E-state index in [9.17, 15) is 0 Å². The smallest absolute Gasteiger partial charge is 0.242 e. The maximum atomic E-state index is 5.99. The highest BCUT2D eigenvalue weighted by atomic mass is 16.5. The van der Waals surface area contributed by atoms with E-state index in [2.05, 4.69) is 27.2 Å². The summed E-state index contributed by atoms with van der Waals surface area (Å²) >= 11 is 0. The normalized spacial score (nSPS) is 17.4. The number of nitrogens with zero attached hydrogens (tertiary/aromatic N) is 3. The fourth-order valence-electron chi connectivity index (χ4n) is 2.28. The van der Waals surface area contributed by atoms with Crippen molar-refractivity contribution in [3.8, 4) is 5.88 Å². The van der Waals surface area contributed by atoms with Crippen LogP contribution in [0.2, 0.25) is 0 Å². The first-order valence-electron chi connectivity index (χ1n) is 6.86. The number of rotatable bonds is 5. The van der Waals surface area contributed by atoms with E-state index in [1.165, 1.54) is 19.2 Å². The summed E-state index contributed by atoms with van der Waals surface area (Å²) in [6.45, 7) is 5.69. The number of hydrogen-bond donors (Lipinski definition) is 2. The number of nitrogens with two attached hydrogens (primary N) is 1. The van der Waals surface area contributed by atoms with E-state index in [0.717, 1.165) is 19.6 Å². The van der Waals surface area contributed by atoms with Crippen LogP contribution in [0.15, 0.2) is 6.33 Å². The molecule has 0 bridgehead atoms. The van der Waals surface area contributed by atoms with Gasteiger partial charge in [-0.2, -0.15) is 4.98 Å². The molecule has 6 nitrogen and oxygen atoms in total. The van der Waals surface area contributed by atoms with Crippen LogP contribution in [0.25, 0.3) is 0 Å². The van der Waals surface area contributed by atoms with E-state index in [1.54, 1.807) is 0 Å². The van der Waals surface area contributed by atoms with Crippen LogP contribution in [0.4, 0.5) is 11.5 Å². The van der Waals surface area contributed by atoms with Gasteiger partial charge in [-0.05, 0) is 45.8 Å². The maximum Gasteiger partial charge on any atom is 0.242 e. The zero-order chi connectivity index (χ0) is 13.7. The Bertz CT molecular complexity index is 404. The second-order valence-electron chi connectivity index (χ2n) is 5.00. The average Bonchev–Trinajstić information content (AvgIpc) is 2.42. The highest BCUT2D eigenvalue weighted by Crippen LogP contribution is 2.25. The van der Waals surface area contributed by atoms with Crippen molar-refractivity contribution in [2.75, 3.05) is 44.3 Å². The van der Waals surface area contributed by atoms with Crippen molar-refractivity contribution in [2.24, 2.45) is 5.92 Å². The summed E-state index contributed by atoms with van der Waals surface area (Å²) in [5, 5.41) is 3.32. The lowest BCUT2D eigenvalue weighted by molar-refractivity contribution is 0.226. The number of ether oxygens (including phenoxy) is 1. The van der Waals surface area contributed by atoms with Gasteiger partial charge in [-0.25, -0.2) is 4.98 Å². The van der Waals surface area contributed by atoms with Crippen molar-refractivity contribution in [1.82, 2.24) is 14.9 Å². The Kier molecular flexibility index (Phi) is 4.79. The molecule has 2 rings (SSSR count). The van der Waals surface area contributed by atoms with Gasteiger partial charge in [0, 0.05) is 6.54 Å². The summed E-state index contributed by atoms with van der Waals surface area (Å²) in [4.78, 5) is 10.6. The molecular formula is C13H23N5O. The molecule has 1 aliphatic heterocycles. The third-order valence-electron chi connectivity index (χ3n) is 3.52. The second-order valence-corrected chi connectivity index (χ2v) is 5.00. The quantitative estimate of drug-likeness (QED) is 0.833. The number of piperidine rings is 1. The molecule has 1 aromatic rings. The average molecular weight is 265 g/mol. The van der Waals surface area contributed by atoms with Crippen LogP contribution in [0.3, 0.4) is 0 Å². The Labute approximate surface area is 114 Å². The third kappa shape index (κ3) is 3.70. The first-order chi connectivity index (χ1) is 9.20. The van der Waals surface area contributed by atoms with Gasteiger partial charge in [-0.15, -0.1) is 0 Å². The van der Waals surface area contributed by atoms with Crippen LogP contribution < -0.4 is 15.8 Å². The molecular weight excluding hydrogens is 242 g/mol. The maximum absolute atomic E-state index is 5.99. The second kappa shape index (κ2) is 6.56. The molecule has 0 spiro atoms. The molecule has 6 heteroatoms. The monoisotopic (exact) mass is 265 g/mol. The highest BCUT2D eigenvalue weighted by Gasteiger charge is 2.17. The summed E-state index contributed by atoms with van der Waals surface area (Å²) < 4.78 is 5.36. The lowest BCUT2D eigenvalue weighted by atomic mass is 9.97. The minimum Gasteiger partial charge on any atom is -0.476 e. The van der Waals surface area contributed by atoms with Crippen LogP contribution in [0, 0.1) is 5.92 Å². The Morgan fingerprint density at radius 3 is 2.84 bits per heavy atom. The molecule has 1 saturated heterocycles. The SMILES string of the molecule is CCOc1ncnc(NCC2CCN(C)CC2)c1N. The topological polar surface area (TPSA) is 76.3 Å². The van der Waals surface area contributed by atoms with Gasteiger partial charge in [0.2, 0.25) is 5.88 Å². The largest absolute Gasteiger partial charge is 0.476 e. The summed E-state index contributed by atoms with van der Waals surface area (Å²) in [6.07, 6.45) is 3.91. The van der Waals surface area contributed by atoms with Gasteiger partial charge in [0.15, 0.2) is 5.82 Å². The van der Waals surface area contributed by atoms with Crippen molar-refractivity contribution in [3.63, 3.8) is 0 Å². The van der Waals surface area contributed by atoms with Crippen LogP contribution in [-0.2, 0) is 0 Å². The number of nitrogen functional groups attached to an aromatic ring is 1. The molecule has 1 fully saturated rings. The molecule has 0 saturated carbocycles. The predicted octanol–water partition coefficient (Wildman–Crippen LogP) is 1.21. The number of hydrogen-bond acceptors (Lipinski definition) is 6.